The van der Waals surface area contributed by atoms with E-state index in [0.29, 0.717) is 6.42 Å². The van der Waals surface area contributed by atoms with Gasteiger partial charge in [0.25, 0.3) is 0 Å². The first-order valence-electron chi connectivity index (χ1n) is 4.49. The van der Waals surface area contributed by atoms with Gasteiger partial charge in [0.2, 0.25) is 0 Å². The van der Waals surface area contributed by atoms with E-state index < -0.39 is 18.2 Å². The van der Waals surface area contributed by atoms with Crippen molar-refractivity contribution in [1.29, 1.82) is 0 Å². The summed E-state index contributed by atoms with van der Waals surface area (Å²) in [5.74, 6) is -1.52. The molecule has 2 atom stereocenters. The fraction of sp³-hybridized carbons (Fsp3) is 0.667. The fourth-order valence-corrected chi connectivity index (χ4v) is 1.44. The predicted octanol–water partition coefficient (Wildman–Crippen LogP) is 1.98. The van der Waals surface area contributed by atoms with Gasteiger partial charge < -0.3 is 9.84 Å². The van der Waals surface area contributed by atoms with Gasteiger partial charge in [0.1, 0.15) is 0 Å². The van der Waals surface area contributed by atoms with Crippen LogP contribution in [0.2, 0.25) is 0 Å². The second kappa shape index (κ2) is 4.65. The van der Waals surface area contributed by atoms with Gasteiger partial charge in [0, 0.05) is 12.7 Å². The van der Waals surface area contributed by atoms with Crippen molar-refractivity contribution in [2.24, 2.45) is 5.92 Å². The molecule has 0 aromatic heterocycles. The number of allylic oxidation sites excluding steroid dienone is 1. The van der Waals surface area contributed by atoms with Crippen LogP contribution in [0.15, 0.2) is 12.2 Å². The molecule has 0 aliphatic carbocycles. The number of aliphatic carboxylic acids is 1. The SMILES string of the molecule is O=C(O)C=CC1CCOC(C(F)(F)F)C1. The molecule has 0 aromatic rings. The molecule has 15 heavy (non-hydrogen) atoms. The van der Waals surface area contributed by atoms with E-state index in [1.54, 1.807) is 0 Å². The average Bonchev–Trinajstić information content (AvgIpc) is 2.14. The van der Waals surface area contributed by atoms with Gasteiger partial charge in [-0.3, -0.25) is 0 Å². The number of carboxylic acids is 1. The lowest BCUT2D eigenvalue weighted by atomic mass is 9.95. The van der Waals surface area contributed by atoms with E-state index in [1.165, 1.54) is 6.08 Å². The van der Waals surface area contributed by atoms with Crippen LogP contribution in [-0.2, 0) is 9.53 Å². The summed E-state index contributed by atoms with van der Waals surface area (Å²) in [5.41, 5.74) is 0. The number of halogens is 3. The summed E-state index contributed by atoms with van der Waals surface area (Å²) in [7, 11) is 0. The quantitative estimate of drug-likeness (QED) is 0.729. The van der Waals surface area contributed by atoms with Crippen LogP contribution in [0.25, 0.3) is 0 Å². The van der Waals surface area contributed by atoms with E-state index >= 15 is 0 Å². The first-order chi connectivity index (χ1) is 6.89. The van der Waals surface area contributed by atoms with Crippen LogP contribution in [-0.4, -0.2) is 30.0 Å². The van der Waals surface area contributed by atoms with E-state index in [0.717, 1.165) is 6.08 Å². The van der Waals surface area contributed by atoms with Gasteiger partial charge in [0.15, 0.2) is 6.10 Å². The van der Waals surface area contributed by atoms with Crippen LogP contribution < -0.4 is 0 Å². The highest BCUT2D eigenvalue weighted by Crippen LogP contribution is 2.32. The molecule has 86 valence electrons. The third-order valence-electron chi connectivity index (χ3n) is 2.20. The standard InChI is InChI=1S/C9H11F3O3/c10-9(11,12)7-5-6(3-4-15-7)1-2-8(13)14/h1-2,6-7H,3-5H2,(H,13,14). The summed E-state index contributed by atoms with van der Waals surface area (Å²) < 4.78 is 41.3. The molecule has 1 aliphatic rings. The minimum absolute atomic E-state index is 0.0127. The number of hydrogen-bond acceptors (Lipinski definition) is 2. The molecule has 0 amide bonds. The minimum atomic E-state index is -4.37. The zero-order valence-corrected chi connectivity index (χ0v) is 7.83. The van der Waals surface area contributed by atoms with Gasteiger partial charge in [-0.15, -0.1) is 0 Å². The molecule has 0 saturated carbocycles. The molecule has 0 radical (unpaired) electrons. The van der Waals surface area contributed by atoms with Crippen molar-refractivity contribution in [2.45, 2.75) is 25.1 Å². The predicted molar refractivity (Wildman–Crippen MR) is 45.3 cm³/mol. The highest BCUT2D eigenvalue weighted by molar-refractivity contribution is 5.79. The molecule has 0 spiro atoms. The van der Waals surface area contributed by atoms with Crippen LogP contribution in [0, 0.1) is 5.92 Å². The Labute approximate surface area is 84.5 Å². The van der Waals surface area contributed by atoms with Gasteiger partial charge in [-0.25, -0.2) is 4.79 Å². The maximum Gasteiger partial charge on any atom is 0.414 e. The molecule has 1 aliphatic heterocycles. The molecule has 3 nitrogen and oxygen atoms in total. The van der Waals surface area contributed by atoms with Crippen LogP contribution in [0.3, 0.4) is 0 Å². The molecule has 6 heteroatoms. The van der Waals surface area contributed by atoms with E-state index in [9.17, 15) is 18.0 Å². The summed E-state index contributed by atoms with van der Waals surface area (Å²) in [4.78, 5) is 10.2. The first kappa shape index (κ1) is 12.0. The third kappa shape index (κ3) is 3.91. The number of hydrogen-bond donors (Lipinski definition) is 1. The number of alkyl halides is 3. The maximum absolute atomic E-state index is 12.2. The lowest BCUT2D eigenvalue weighted by Crippen LogP contribution is -2.37. The van der Waals surface area contributed by atoms with E-state index in [1.807, 2.05) is 0 Å². The molecule has 1 saturated heterocycles. The van der Waals surface area contributed by atoms with Crippen molar-refractivity contribution in [3.05, 3.63) is 12.2 Å². The maximum atomic E-state index is 12.2. The Hall–Kier alpha value is -1.04. The highest BCUT2D eigenvalue weighted by Gasteiger charge is 2.43. The molecular weight excluding hydrogens is 213 g/mol. The molecule has 2 unspecified atom stereocenters. The fourth-order valence-electron chi connectivity index (χ4n) is 1.44. The smallest absolute Gasteiger partial charge is 0.414 e. The summed E-state index contributed by atoms with van der Waals surface area (Å²) in [6.45, 7) is 0.0127. The number of rotatable bonds is 2. The monoisotopic (exact) mass is 224 g/mol. The number of carbonyl (C=O) groups is 1. The molecular formula is C9H11F3O3. The van der Waals surface area contributed by atoms with Crippen LogP contribution in [0.1, 0.15) is 12.8 Å². The second-order valence-corrected chi connectivity index (χ2v) is 3.38. The Kier molecular flexibility index (Phi) is 3.73. The second-order valence-electron chi connectivity index (χ2n) is 3.38. The van der Waals surface area contributed by atoms with Gasteiger partial charge in [0.05, 0.1) is 0 Å². The molecule has 1 fully saturated rings. The number of ether oxygens (including phenoxy) is 1. The molecule has 1 rings (SSSR count). The van der Waals surface area contributed by atoms with Crippen molar-refractivity contribution < 1.29 is 27.8 Å². The summed E-state index contributed by atoms with van der Waals surface area (Å²) in [5, 5.41) is 8.33. The largest absolute Gasteiger partial charge is 0.478 e. The Morgan fingerprint density at radius 2 is 2.13 bits per heavy atom. The summed E-state index contributed by atoms with van der Waals surface area (Å²) in [6, 6.07) is 0. The van der Waals surface area contributed by atoms with Crippen LogP contribution in [0.4, 0.5) is 13.2 Å². The Bertz CT molecular complexity index is 260. The third-order valence-corrected chi connectivity index (χ3v) is 2.20. The van der Waals surface area contributed by atoms with Crippen molar-refractivity contribution in [1.82, 2.24) is 0 Å². The zero-order chi connectivity index (χ0) is 11.5. The Morgan fingerprint density at radius 1 is 1.47 bits per heavy atom. The highest BCUT2D eigenvalue weighted by atomic mass is 19.4. The van der Waals surface area contributed by atoms with E-state index in [2.05, 4.69) is 4.74 Å². The van der Waals surface area contributed by atoms with Crippen molar-refractivity contribution in [3.63, 3.8) is 0 Å². The molecule has 1 heterocycles. The van der Waals surface area contributed by atoms with Gasteiger partial charge >= 0.3 is 12.1 Å². The molecule has 0 bridgehead atoms. The Balaban J connectivity index is 2.53. The zero-order valence-electron chi connectivity index (χ0n) is 7.83. The van der Waals surface area contributed by atoms with Crippen molar-refractivity contribution >= 4 is 5.97 Å². The normalized spacial score (nSPS) is 28.2. The van der Waals surface area contributed by atoms with Crippen LogP contribution in [0.5, 0.6) is 0 Å². The molecule has 0 aromatic carbocycles. The Morgan fingerprint density at radius 3 is 2.67 bits per heavy atom. The lowest BCUT2D eigenvalue weighted by molar-refractivity contribution is -0.233. The van der Waals surface area contributed by atoms with Crippen molar-refractivity contribution in [2.75, 3.05) is 6.61 Å². The first-order valence-corrected chi connectivity index (χ1v) is 4.49. The van der Waals surface area contributed by atoms with Crippen molar-refractivity contribution in [3.8, 4) is 0 Å². The summed E-state index contributed by atoms with van der Waals surface area (Å²) in [6.07, 6.45) is -3.73. The van der Waals surface area contributed by atoms with Gasteiger partial charge in [-0.05, 0) is 18.8 Å². The average molecular weight is 224 g/mol. The van der Waals surface area contributed by atoms with Crippen LogP contribution >= 0.6 is 0 Å². The lowest BCUT2D eigenvalue weighted by Gasteiger charge is -2.29. The van der Waals surface area contributed by atoms with Gasteiger partial charge in [-0.1, -0.05) is 6.08 Å². The summed E-state index contributed by atoms with van der Waals surface area (Å²) >= 11 is 0. The van der Waals surface area contributed by atoms with E-state index in [4.69, 9.17) is 5.11 Å². The topological polar surface area (TPSA) is 46.5 Å². The minimum Gasteiger partial charge on any atom is -0.478 e. The van der Waals surface area contributed by atoms with E-state index in [-0.39, 0.29) is 18.9 Å². The van der Waals surface area contributed by atoms with Gasteiger partial charge in [-0.2, -0.15) is 13.2 Å². The number of carboxylic acid groups (broad SMARTS) is 1. The molecule has 1 N–H and O–H groups in total.